The Morgan fingerprint density at radius 1 is 0.875 bits per heavy atom. The molecular formula is C21H19BrN2. The molecule has 0 bridgehead atoms. The first-order valence-corrected chi connectivity index (χ1v) is 8.91. The Hall–Kier alpha value is -2.13. The van der Waals surface area contributed by atoms with Crippen molar-refractivity contribution in [1.82, 2.24) is 9.38 Å². The van der Waals surface area contributed by atoms with E-state index in [1.807, 2.05) is 0 Å². The summed E-state index contributed by atoms with van der Waals surface area (Å²) in [4.78, 5) is 4.73. The summed E-state index contributed by atoms with van der Waals surface area (Å²) >= 11 is 3.56. The fourth-order valence-corrected chi connectivity index (χ4v) is 3.86. The monoisotopic (exact) mass is 378 g/mol. The molecule has 24 heavy (non-hydrogen) atoms. The maximum absolute atomic E-state index is 4.73. The predicted octanol–water partition coefficient (Wildman–Crippen LogP) is 6.21. The van der Waals surface area contributed by atoms with Gasteiger partial charge in [-0.2, -0.15) is 0 Å². The number of hydrogen-bond donors (Lipinski definition) is 0. The Balaban J connectivity index is 2.30. The second-order valence-corrected chi connectivity index (χ2v) is 7.95. The topological polar surface area (TPSA) is 17.3 Å². The molecule has 3 heteroatoms. The van der Waals surface area contributed by atoms with Crippen molar-refractivity contribution >= 4 is 32.3 Å². The molecule has 120 valence electrons. The van der Waals surface area contributed by atoms with Crippen molar-refractivity contribution in [2.75, 3.05) is 0 Å². The number of aromatic nitrogens is 2. The van der Waals surface area contributed by atoms with Gasteiger partial charge in [0.1, 0.15) is 10.3 Å². The molecule has 2 nitrogen and oxygen atoms in total. The molecule has 2 aromatic carbocycles. The number of hydrogen-bond acceptors (Lipinski definition) is 1. The van der Waals surface area contributed by atoms with Gasteiger partial charge in [-0.15, -0.1) is 0 Å². The quantitative estimate of drug-likeness (QED) is 0.384. The third kappa shape index (κ3) is 2.35. The summed E-state index contributed by atoms with van der Waals surface area (Å²) in [6.07, 6.45) is 2.08. The van der Waals surface area contributed by atoms with Crippen molar-refractivity contribution in [2.45, 2.75) is 26.2 Å². The fourth-order valence-electron chi connectivity index (χ4n) is 3.49. The lowest BCUT2D eigenvalue weighted by Gasteiger charge is -2.26. The van der Waals surface area contributed by atoms with Crippen LogP contribution in [-0.4, -0.2) is 9.38 Å². The second-order valence-electron chi connectivity index (χ2n) is 7.14. The highest BCUT2D eigenvalue weighted by Crippen LogP contribution is 2.40. The summed E-state index contributed by atoms with van der Waals surface area (Å²) in [5.74, 6) is 0. The van der Waals surface area contributed by atoms with Crippen LogP contribution < -0.4 is 0 Å². The van der Waals surface area contributed by atoms with Gasteiger partial charge < -0.3 is 4.40 Å². The Bertz CT molecular complexity index is 1040. The van der Waals surface area contributed by atoms with Gasteiger partial charge in [0.25, 0.3) is 0 Å². The Morgan fingerprint density at radius 3 is 2.17 bits per heavy atom. The number of rotatable bonds is 1. The van der Waals surface area contributed by atoms with E-state index in [0.29, 0.717) is 0 Å². The van der Waals surface area contributed by atoms with Gasteiger partial charge in [0.2, 0.25) is 0 Å². The molecule has 0 radical (unpaired) electrons. The average Bonchev–Trinajstić information content (AvgIpc) is 2.94. The lowest BCUT2D eigenvalue weighted by molar-refractivity contribution is 0.564. The van der Waals surface area contributed by atoms with Crippen molar-refractivity contribution < 1.29 is 0 Å². The zero-order valence-electron chi connectivity index (χ0n) is 14.0. The summed E-state index contributed by atoms with van der Waals surface area (Å²) in [6, 6.07) is 19.2. The Labute approximate surface area is 150 Å². The van der Waals surface area contributed by atoms with Gasteiger partial charge in [-0.25, -0.2) is 4.98 Å². The zero-order chi connectivity index (χ0) is 16.9. The predicted molar refractivity (Wildman–Crippen MR) is 105 cm³/mol. The van der Waals surface area contributed by atoms with E-state index in [-0.39, 0.29) is 5.41 Å². The molecule has 0 unspecified atom stereocenters. The van der Waals surface area contributed by atoms with Gasteiger partial charge in [0.15, 0.2) is 0 Å². The third-order valence-corrected chi connectivity index (χ3v) is 4.75. The van der Waals surface area contributed by atoms with Gasteiger partial charge in [-0.3, -0.25) is 0 Å². The van der Waals surface area contributed by atoms with E-state index < -0.39 is 0 Å². The molecule has 4 aromatic rings. The van der Waals surface area contributed by atoms with Crippen LogP contribution in [0.1, 0.15) is 26.5 Å². The summed E-state index contributed by atoms with van der Waals surface area (Å²) < 4.78 is 3.11. The normalized spacial score (nSPS) is 12.2. The van der Waals surface area contributed by atoms with Crippen LogP contribution in [0, 0.1) is 0 Å². The number of nitrogens with zero attached hydrogens (tertiary/aromatic N) is 2. The number of fused-ring (bicyclic) bond motifs is 3. The van der Waals surface area contributed by atoms with Crippen LogP contribution in [0.25, 0.3) is 27.5 Å². The Morgan fingerprint density at radius 2 is 1.50 bits per heavy atom. The van der Waals surface area contributed by atoms with Crippen LogP contribution in [0.15, 0.2) is 65.4 Å². The van der Waals surface area contributed by atoms with Crippen LogP contribution in [0.2, 0.25) is 0 Å². The molecule has 0 spiro atoms. The smallest absolute Gasteiger partial charge is 0.146 e. The van der Waals surface area contributed by atoms with E-state index in [2.05, 4.69) is 102 Å². The summed E-state index contributed by atoms with van der Waals surface area (Å²) in [6.45, 7) is 6.78. The van der Waals surface area contributed by atoms with E-state index >= 15 is 0 Å². The molecule has 0 N–H and O–H groups in total. The van der Waals surface area contributed by atoms with Gasteiger partial charge in [0, 0.05) is 28.3 Å². The fraction of sp³-hybridized carbons (Fsp3) is 0.190. The first-order valence-electron chi connectivity index (χ1n) is 8.12. The number of halogens is 1. The van der Waals surface area contributed by atoms with Crippen LogP contribution in [0.3, 0.4) is 0 Å². The molecule has 2 aromatic heterocycles. The molecule has 0 fully saturated rings. The van der Waals surface area contributed by atoms with Crippen LogP contribution >= 0.6 is 15.9 Å². The molecule has 4 rings (SSSR count). The summed E-state index contributed by atoms with van der Waals surface area (Å²) in [5.41, 5.74) is 4.79. The van der Waals surface area contributed by atoms with Gasteiger partial charge in [-0.05, 0) is 26.9 Å². The Kier molecular flexibility index (Phi) is 3.50. The molecule has 0 atom stereocenters. The standard InChI is InChI=1S/C21H19BrN2/c1-21(2,3)19-18(14-9-5-4-6-10-14)15-11-7-8-12-16(15)20-23-17(22)13-24(19)20/h4-13H,1-3H3. The average molecular weight is 379 g/mol. The minimum Gasteiger partial charge on any atom is -0.301 e. The molecule has 0 aliphatic rings. The van der Waals surface area contributed by atoms with E-state index in [1.54, 1.807) is 0 Å². The van der Waals surface area contributed by atoms with Crippen LogP contribution in [-0.2, 0) is 5.41 Å². The van der Waals surface area contributed by atoms with Gasteiger partial charge in [0.05, 0.1) is 0 Å². The van der Waals surface area contributed by atoms with E-state index in [9.17, 15) is 0 Å². The number of benzene rings is 2. The van der Waals surface area contributed by atoms with E-state index in [4.69, 9.17) is 4.98 Å². The maximum Gasteiger partial charge on any atom is 0.146 e. The number of imidazole rings is 1. The lowest BCUT2D eigenvalue weighted by atomic mass is 9.83. The maximum atomic E-state index is 4.73. The zero-order valence-corrected chi connectivity index (χ0v) is 15.6. The van der Waals surface area contributed by atoms with Crippen molar-refractivity contribution in [1.29, 1.82) is 0 Å². The van der Waals surface area contributed by atoms with Crippen molar-refractivity contribution in [3.8, 4) is 11.1 Å². The summed E-state index contributed by atoms with van der Waals surface area (Å²) in [5, 5.41) is 2.43. The highest BCUT2D eigenvalue weighted by atomic mass is 79.9. The number of pyridine rings is 1. The van der Waals surface area contributed by atoms with Crippen LogP contribution in [0.4, 0.5) is 0 Å². The highest BCUT2D eigenvalue weighted by molar-refractivity contribution is 9.10. The van der Waals surface area contributed by atoms with Crippen LogP contribution in [0.5, 0.6) is 0 Å². The first-order chi connectivity index (χ1) is 11.5. The molecule has 2 heterocycles. The molecule has 0 aliphatic carbocycles. The van der Waals surface area contributed by atoms with Gasteiger partial charge in [-0.1, -0.05) is 75.4 Å². The van der Waals surface area contributed by atoms with Gasteiger partial charge >= 0.3 is 0 Å². The lowest BCUT2D eigenvalue weighted by Crippen LogP contribution is -2.18. The molecule has 0 aliphatic heterocycles. The minimum atomic E-state index is -0.0202. The molecule has 0 saturated heterocycles. The minimum absolute atomic E-state index is 0.0202. The summed E-state index contributed by atoms with van der Waals surface area (Å²) in [7, 11) is 0. The molecule has 0 saturated carbocycles. The molecular weight excluding hydrogens is 360 g/mol. The second kappa shape index (κ2) is 5.45. The van der Waals surface area contributed by atoms with Crippen molar-refractivity contribution in [2.24, 2.45) is 0 Å². The highest BCUT2D eigenvalue weighted by Gasteiger charge is 2.25. The first kappa shape index (κ1) is 15.4. The largest absolute Gasteiger partial charge is 0.301 e. The van der Waals surface area contributed by atoms with Crippen molar-refractivity contribution in [3.05, 3.63) is 71.1 Å². The molecule has 0 amide bonds. The third-order valence-electron chi connectivity index (χ3n) is 4.36. The van der Waals surface area contributed by atoms with Crippen molar-refractivity contribution in [3.63, 3.8) is 0 Å². The van der Waals surface area contributed by atoms with E-state index in [1.165, 1.54) is 27.6 Å². The van der Waals surface area contributed by atoms with E-state index in [0.717, 1.165) is 10.3 Å². The SMILES string of the molecule is CC(C)(C)c1c(-c2ccccc2)c2ccccc2c2nc(Br)cn12.